The van der Waals surface area contributed by atoms with Gasteiger partial charge in [0.25, 0.3) is 5.56 Å². The van der Waals surface area contributed by atoms with Crippen molar-refractivity contribution in [1.82, 2.24) is 9.66 Å². The van der Waals surface area contributed by atoms with Crippen LogP contribution in [-0.2, 0) is 9.53 Å². The number of benzene rings is 2. The number of methoxy groups -OCH3 is 1. The van der Waals surface area contributed by atoms with Crippen molar-refractivity contribution in [2.24, 2.45) is 5.10 Å². The molecule has 3 aromatic rings. The molecule has 7 nitrogen and oxygen atoms in total. The van der Waals surface area contributed by atoms with Gasteiger partial charge in [0.05, 0.1) is 33.2 Å². The number of esters is 1. The molecule has 0 aliphatic rings. The molecule has 3 rings (SSSR count). The molecule has 0 aliphatic carbocycles. The quantitative estimate of drug-likeness (QED) is 0.250. The highest BCUT2D eigenvalue weighted by Gasteiger charge is 2.16. The number of ether oxygens (including phenoxy) is 2. The second kappa shape index (κ2) is 10.7. The fraction of sp³-hybridized carbons (Fsp3) is 0.273. The third-order valence-electron chi connectivity index (χ3n) is 4.79. The SMILES string of the molecule is CC[C@@H](C)c1nc2ccc(Br)cc2c(=O)n1N=Cc1cc(Br)c(OCC(=O)OC)c(Br)c1. The number of halogens is 3. The van der Waals surface area contributed by atoms with E-state index in [1.165, 1.54) is 11.8 Å². The summed E-state index contributed by atoms with van der Waals surface area (Å²) in [5, 5.41) is 4.95. The van der Waals surface area contributed by atoms with Crippen LogP contribution in [0.15, 0.2) is 53.6 Å². The second-order valence-corrected chi connectivity index (χ2v) is 9.61. The third-order valence-corrected chi connectivity index (χ3v) is 6.46. The lowest BCUT2D eigenvalue weighted by molar-refractivity contribution is -0.142. The molecule has 1 aromatic heterocycles. The minimum atomic E-state index is -0.484. The fourth-order valence-corrected chi connectivity index (χ4v) is 4.70. The summed E-state index contributed by atoms with van der Waals surface area (Å²) in [5.41, 5.74) is 1.11. The number of nitrogens with zero attached hydrogens (tertiary/aromatic N) is 3. The maximum Gasteiger partial charge on any atom is 0.343 e. The zero-order valence-corrected chi connectivity index (χ0v) is 22.3. The van der Waals surface area contributed by atoms with E-state index in [2.05, 4.69) is 57.6 Å². The van der Waals surface area contributed by atoms with E-state index in [4.69, 9.17) is 9.72 Å². The Balaban J connectivity index is 2.03. The van der Waals surface area contributed by atoms with E-state index in [-0.39, 0.29) is 18.1 Å². The third kappa shape index (κ3) is 5.47. The number of fused-ring (bicyclic) bond motifs is 1. The summed E-state index contributed by atoms with van der Waals surface area (Å²) >= 11 is 10.3. The molecule has 0 N–H and O–H groups in total. The molecule has 0 saturated heterocycles. The number of carbonyl (C=O) groups excluding carboxylic acids is 1. The van der Waals surface area contributed by atoms with Crippen molar-refractivity contribution < 1.29 is 14.3 Å². The Hall–Kier alpha value is -2.04. The average molecular weight is 630 g/mol. The molecule has 32 heavy (non-hydrogen) atoms. The highest BCUT2D eigenvalue weighted by molar-refractivity contribution is 9.11. The molecule has 0 radical (unpaired) electrons. The maximum atomic E-state index is 13.2. The van der Waals surface area contributed by atoms with Crippen LogP contribution in [0.1, 0.15) is 37.6 Å². The summed E-state index contributed by atoms with van der Waals surface area (Å²) in [6, 6.07) is 8.99. The lowest BCUT2D eigenvalue weighted by atomic mass is 10.1. The molecular formula is C22H20Br3N3O4. The van der Waals surface area contributed by atoms with Gasteiger partial charge in [-0.15, -0.1) is 0 Å². The van der Waals surface area contributed by atoms with Gasteiger partial charge in [0, 0.05) is 10.4 Å². The number of rotatable bonds is 7. The van der Waals surface area contributed by atoms with Crippen molar-refractivity contribution in [3.05, 3.63) is 65.5 Å². The van der Waals surface area contributed by atoms with E-state index in [0.29, 0.717) is 37.0 Å². The van der Waals surface area contributed by atoms with Crippen LogP contribution >= 0.6 is 47.8 Å². The fourth-order valence-electron chi connectivity index (χ4n) is 2.89. The van der Waals surface area contributed by atoms with Crippen LogP contribution in [0, 0.1) is 0 Å². The van der Waals surface area contributed by atoms with Gasteiger partial charge in [-0.25, -0.2) is 9.78 Å². The Morgan fingerprint density at radius 3 is 2.53 bits per heavy atom. The van der Waals surface area contributed by atoms with Crippen molar-refractivity contribution in [3.8, 4) is 5.75 Å². The van der Waals surface area contributed by atoms with Crippen LogP contribution in [0.3, 0.4) is 0 Å². The first-order chi connectivity index (χ1) is 15.2. The van der Waals surface area contributed by atoms with Crippen molar-refractivity contribution in [1.29, 1.82) is 0 Å². The highest BCUT2D eigenvalue weighted by Crippen LogP contribution is 2.34. The van der Waals surface area contributed by atoms with Gasteiger partial charge in [-0.2, -0.15) is 9.78 Å². The van der Waals surface area contributed by atoms with Gasteiger partial charge < -0.3 is 9.47 Å². The first kappa shape index (κ1) is 24.6. The molecule has 1 heterocycles. The van der Waals surface area contributed by atoms with E-state index in [0.717, 1.165) is 10.9 Å². The minimum absolute atomic E-state index is 0.0421. The summed E-state index contributed by atoms with van der Waals surface area (Å²) in [5.74, 6) is 0.615. The van der Waals surface area contributed by atoms with Crippen molar-refractivity contribution in [3.63, 3.8) is 0 Å². The number of aromatic nitrogens is 2. The minimum Gasteiger partial charge on any atom is -0.480 e. The van der Waals surface area contributed by atoms with Gasteiger partial charge in [-0.05, 0) is 74.2 Å². The molecule has 0 saturated carbocycles. The van der Waals surface area contributed by atoms with Gasteiger partial charge in [0.1, 0.15) is 11.6 Å². The van der Waals surface area contributed by atoms with Crippen LogP contribution in [0.2, 0.25) is 0 Å². The van der Waals surface area contributed by atoms with Crippen LogP contribution < -0.4 is 10.3 Å². The van der Waals surface area contributed by atoms with Gasteiger partial charge >= 0.3 is 5.97 Å². The Morgan fingerprint density at radius 1 is 1.22 bits per heavy atom. The van der Waals surface area contributed by atoms with E-state index >= 15 is 0 Å². The summed E-state index contributed by atoms with van der Waals surface area (Å²) in [6.07, 6.45) is 2.39. The van der Waals surface area contributed by atoms with E-state index in [1.54, 1.807) is 24.4 Å². The number of hydrogen-bond donors (Lipinski definition) is 0. The molecule has 168 valence electrons. The highest BCUT2D eigenvalue weighted by atomic mass is 79.9. The zero-order chi connectivity index (χ0) is 23.4. The normalized spacial score (nSPS) is 12.3. The maximum absolute atomic E-state index is 13.2. The van der Waals surface area contributed by atoms with Crippen molar-refractivity contribution in [2.75, 3.05) is 13.7 Å². The molecule has 0 spiro atoms. The lowest BCUT2D eigenvalue weighted by Crippen LogP contribution is -2.23. The topological polar surface area (TPSA) is 82.8 Å². The van der Waals surface area contributed by atoms with Gasteiger partial charge in [-0.3, -0.25) is 4.79 Å². The van der Waals surface area contributed by atoms with Gasteiger partial charge in [-0.1, -0.05) is 29.8 Å². The summed E-state index contributed by atoms with van der Waals surface area (Å²) in [4.78, 5) is 29.3. The van der Waals surface area contributed by atoms with Crippen LogP contribution in [0.25, 0.3) is 10.9 Å². The molecule has 10 heteroatoms. The Bertz CT molecular complexity index is 1230. The second-order valence-electron chi connectivity index (χ2n) is 6.98. The Kier molecular flexibility index (Phi) is 8.24. The summed E-state index contributed by atoms with van der Waals surface area (Å²) < 4.78 is 13.5. The van der Waals surface area contributed by atoms with E-state index in [1.807, 2.05) is 26.0 Å². The molecule has 0 amide bonds. The first-order valence-electron chi connectivity index (χ1n) is 9.70. The number of hydrogen-bond acceptors (Lipinski definition) is 6. The van der Waals surface area contributed by atoms with Crippen LogP contribution in [0.5, 0.6) is 5.75 Å². The Morgan fingerprint density at radius 2 is 1.91 bits per heavy atom. The molecular weight excluding hydrogens is 610 g/mol. The molecule has 0 fully saturated rings. The molecule has 1 atom stereocenters. The molecule has 2 aromatic carbocycles. The van der Waals surface area contributed by atoms with Crippen molar-refractivity contribution >= 4 is 70.9 Å². The summed E-state index contributed by atoms with van der Waals surface area (Å²) in [6.45, 7) is 3.84. The standard InChI is InChI=1S/C22H20Br3N3O4/c1-4-12(2)21-27-18-6-5-14(23)9-15(18)22(30)28(21)26-10-13-7-16(24)20(17(25)8-13)32-11-19(29)31-3/h5-10,12H,4,11H2,1-3H3/t12-/m1/s1. The van der Waals surface area contributed by atoms with Crippen molar-refractivity contribution in [2.45, 2.75) is 26.2 Å². The van der Waals surface area contributed by atoms with Gasteiger partial charge in [0.2, 0.25) is 0 Å². The monoisotopic (exact) mass is 627 g/mol. The molecule has 0 unspecified atom stereocenters. The smallest absolute Gasteiger partial charge is 0.343 e. The van der Waals surface area contributed by atoms with Gasteiger partial charge in [0.15, 0.2) is 6.61 Å². The predicted molar refractivity (Wildman–Crippen MR) is 135 cm³/mol. The lowest BCUT2D eigenvalue weighted by Gasteiger charge is -2.14. The van der Waals surface area contributed by atoms with Crippen LogP contribution in [-0.4, -0.2) is 35.6 Å². The zero-order valence-electron chi connectivity index (χ0n) is 17.6. The average Bonchev–Trinajstić information content (AvgIpc) is 2.77. The van der Waals surface area contributed by atoms with E-state index < -0.39 is 5.97 Å². The van der Waals surface area contributed by atoms with E-state index in [9.17, 15) is 9.59 Å². The first-order valence-corrected chi connectivity index (χ1v) is 12.1. The number of carbonyl (C=O) groups is 1. The predicted octanol–water partition coefficient (Wildman–Crippen LogP) is 5.63. The van der Waals surface area contributed by atoms with Crippen LogP contribution in [0.4, 0.5) is 0 Å². The molecule has 0 aliphatic heterocycles. The summed E-state index contributed by atoms with van der Waals surface area (Å²) in [7, 11) is 1.30. The Labute approximate surface area is 210 Å². The molecule has 0 bridgehead atoms. The largest absolute Gasteiger partial charge is 0.480 e.